The highest BCUT2D eigenvalue weighted by molar-refractivity contribution is 5.65. The topological polar surface area (TPSA) is 35.5 Å². The first-order valence-electron chi connectivity index (χ1n) is 7.94. The second kappa shape index (κ2) is 16.0. The van der Waals surface area contributed by atoms with Crippen LogP contribution in [-0.2, 0) is 14.3 Å². The summed E-state index contributed by atoms with van der Waals surface area (Å²) in [5.74, 6) is 5.98. The molecule has 0 aromatic carbocycles. The summed E-state index contributed by atoms with van der Waals surface area (Å²) >= 11 is 0. The molecule has 0 bridgehead atoms. The molecule has 0 saturated carbocycles. The quantitative estimate of drug-likeness (QED) is 0.307. The summed E-state index contributed by atoms with van der Waals surface area (Å²) in [5, 5.41) is 0. The summed E-state index contributed by atoms with van der Waals surface area (Å²) in [6, 6.07) is 0. The molecule has 0 aromatic rings. The van der Waals surface area contributed by atoms with Gasteiger partial charge in [-0.3, -0.25) is 4.79 Å². The Bertz CT molecular complexity index is 276. The Labute approximate surface area is 124 Å². The minimum atomic E-state index is -0.172. The van der Waals surface area contributed by atoms with Gasteiger partial charge in [0.1, 0.15) is 6.61 Å². The number of ether oxygens (including phenoxy) is 2. The number of carbonyl (C=O) groups is 1. The molecule has 0 aromatic heterocycles. The van der Waals surface area contributed by atoms with Crippen molar-refractivity contribution in [2.45, 2.75) is 71.6 Å². The molecule has 3 nitrogen and oxygen atoms in total. The largest absolute Gasteiger partial charge is 0.466 e. The van der Waals surface area contributed by atoms with Crippen LogP contribution in [0.1, 0.15) is 71.6 Å². The Kier molecular flexibility index (Phi) is 15.2. The van der Waals surface area contributed by atoms with Gasteiger partial charge in [0, 0.05) is 20.0 Å². The Hall–Kier alpha value is -1.01. The SMILES string of the molecule is CCOCC#CCCCCCCCCCCOC(C)=O. The van der Waals surface area contributed by atoms with E-state index in [1.54, 1.807) is 0 Å². The monoisotopic (exact) mass is 282 g/mol. The third-order valence-electron chi connectivity index (χ3n) is 3.00. The number of rotatable bonds is 12. The van der Waals surface area contributed by atoms with Crippen LogP contribution < -0.4 is 0 Å². The highest BCUT2D eigenvalue weighted by Crippen LogP contribution is 2.09. The van der Waals surface area contributed by atoms with Crippen molar-refractivity contribution in [1.29, 1.82) is 0 Å². The molecule has 3 heteroatoms. The van der Waals surface area contributed by atoms with Gasteiger partial charge < -0.3 is 9.47 Å². The van der Waals surface area contributed by atoms with Gasteiger partial charge in [-0.15, -0.1) is 5.92 Å². The summed E-state index contributed by atoms with van der Waals surface area (Å²) in [7, 11) is 0. The Morgan fingerprint density at radius 2 is 1.50 bits per heavy atom. The number of hydrogen-bond acceptors (Lipinski definition) is 3. The molecule has 0 N–H and O–H groups in total. The maximum Gasteiger partial charge on any atom is 0.302 e. The highest BCUT2D eigenvalue weighted by atomic mass is 16.5. The van der Waals surface area contributed by atoms with Crippen LogP contribution in [0.3, 0.4) is 0 Å². The minimum Gasteiger partial charge on any atom is -0.466 e. The molecule has 0 aliphatic heterocycles. The van der Waals surface area contributed by atoms with Crippen LogP contribution in [0.4, 0.5) is 0 Å². The molecule has 0 spiro atoms. The number of unbranched alkanes of at least 4 members (excludes halogenated alkanes) is 8. The van der Waals surface area contributed by atoms with Crippen molar-refractivity contribution in [2.75, 3.05) is 19.8 Å². The molecule has 0 rings (SSSR count). The van der Waals surface area contributed by atoms with Crippen molar-refractivity contribution >= 4 is 5.97 Å². The van der Waals surface area contributed by atoms with Crippen molar-refractivity contribution in [1.82, 2.24) is 0 Å². The van der Waals surface area contributed by atoms with E-state index in [2.05, 4.69) is 11.8 Å². The molecule has 0 fully saturated rings. The molecule has 0 heterocycles. The van der Waals surface area contributed by atoms with E-state index in [9.17, 15) is 4.79 Å². The van der Waals surface area contributed by atoms with E-state index in [-0.39, 0.29) is 5.97 Å². The van der Waals surface area contributed by atoms with Crippen molar-refractivity contribution < 1.29 is 14.3 Å². The van der Waals surface area contributed by atoms with Crippen LogP contribution in [-0.4, -0.2) is 25.8 Å². The molecule has 0 radical (unpaired) electrons. The Balaban J connectivity index is 3.05. The predicted molar refractivity (Wildman–Crippen MR) is 82.5 cm³/mol. The normalized spacial score (nSPS) is 9.90. The maximum absolute atomic E-state index is 10.5. The Morgan fingerprint density at radius 3 is 2.10 bits per heavy atom. The fraction of sp³-hybridized carbons (Fsp3) is 0.824. The summed E-state index contributed by atoms with van der Waals surface area (Å²) in [6.45, 7) is 5.34. The average Bonchev–Trinajstić information content (AvgIpc) is 2.43. The lowest BCUT2D eigenvalue weighted by Crippen LogP contribution is -2.00. The van der Waals surface area contributed by atoms with Crippen molar-refractivity contribution in [3.8, 4) is 11.8 Å². The molecule has 116 valence electrons. The van der Waals surface area contributed by atoms with Gasteiger partial charge in [0.15, 0.2) is 0 Å². The first kappa shape index (κ1) is 19.0. The highest BCUT2D eigenvalue weighted by Gasteiger charge is 1.94. The molecule has 0 aliphatic rings. The zero-order valence-electron chi connectivity index (χ0n) is 13.2. The van der Waals surface area contributed by atoms with Crippen molar-refractivity contribution in [3.63, 3.8) is 0 Å². The van der Waals surface area contributed by atoms with Gasteiger partial charge in [0.2, 0.25) is 0 Å². The number of carbonyl (C=O) groups excluding carboxylic acids is 1. The predicted octanol–water partition coefficient (Wildman–Crippen LogP) is 4.10. The van der Waals surface area contributed by atoms with Gasteiger partial charge >= 0.3 is 5.97 Å². The third-order valence-corrected chi connectivity index (χ3v) is 3.00. The van der Waals surface area contributed by atoms with E-state index in [4.69, 9.17) is 9.47 Å². The van der Waals surface area contributed by atoms with Crippen LogP contribution >= 0.6 is 0 Å². The smallest absolute Gasteiger partial charge is 0.302 e. The van der Waals surface area contributed by atoms with Gasteiger partial charge in [0.05, 0.1) is 6.61 Å². The molecule has 0 aliphatic carbocycles. The van der Waals surface area contributed by atoms with E-state index in [1.165, 1.54) is 45.4 Å². The van der Waals surface area contributed by atoms with E-state index >= 15 is 0 Å². The van der Waals surface area contributed by atoms with Crippen molar-refractivity contribution in [3.05, 3.63) is 0 Å². The first-order valence-corrected chi connectivity index (χ1v) is 7.94. The molecule has 0 amide bonds. The molecular formula is C17H30O3. The minimum absolute atomic E-state index is 0.172. The lowest BCUT2D eigenvalue weighted by Gasteiger charge is -2.02. The fourth-order valence-corrected chi connectivity index (χ4v) is 1.88. The summed E-state index contributed by atoms with van der Waals surface area (Å²) < 4.78 is 10.0. The lowest BCUT2D eigenvalue weighted by atomic mass is 10.1. The zero-order chi connectivity index (χ0) is 14.9. The molecular weight excluding hydrogens is 252 g/mol. The Morgan fingerprint density at radius 1 is 0.900 bits per heavy atom. The molecule has 0 unspecified atom stereocenters. The van der Waals surface area contributed by atoms with Crippen LogP contribution in [0.25, 0.3) is 0 Å². The van der Waals surface area contributed by atoms with E-state index in [0.717, 1.165) is 25.9 Å². The maximum atomic E-state index is 10.5. The van der Waals surface area contributed by atoms with Gasteiger partial charge in [0.25, 0.3) is 0 Å². The second-order valence-corrected chi connectivity index (χ2v) is 4.91. The summed E-state index contributed by atoms with van der Waals surface area (Å²) in [6.07, 6.45) is 10.8. The van der Waals surface area contributed by atoms with E-state index in [0.29, 0.717) is 13.2 Å². The van der Waals surface area contributed by atoms with Crippen LogP contribution in [0.15, 0.2) is 0 Å². The average molecular weight is 282 g/mol. The number of esters is 1. The summed E-state index contributed by atoms with van der Waals surface area (Å²) in [5.41, 5.74) is 0. The van der Waals surface area contributed by atoms with Gasteiger partial charge in [-0.1, -0.05) is 44.4 Å². The lowest BCUT2D eigenvalue weighted by molar-refractivity contribution is -0.141. The summed E-state index contributed by atoms with van der Waals surface area (Å²) in [4.78, 5) is 10.5. The van der Waals surface area contributed by atoms with E-state index in [1.807, 2.05) is 6.92 Å². The van der Waals surface area contributed by atoms with Crippen LogP contribution in [0.2, 0.25) is 0 Å². The van der Waals surface area contributed by atoms with Gasteiger partial charge in [-0.05, 0) is 19.8 Å². The number of hydrogen-bond donors (Lipinski definition) is 0. The fourth-order valence-electron chi connectivity index (χ4n) is 1.88. The zero-order valence-corrected chi connectivity index (χ0v) is 13.2. The van der Waals surface area contributed by atoms with Crippen molar-refractivity contribution in [2.24, 2.45) is 0 Å². The second-order valence-electron chi connectivity index (χ2n) is 4.91. The molecule has 0 saturated heterocycles. The first-order chi connectivity index (χ1) is 9.77. The van der Waals surface area contributed by atoms with Gasteiger partial charge in [-0.25, -0.2) is 0 Å². The van der Waals surface area contributed by atoms with Crippen LogP contribution in [0, 0.1) is 11.8 Å². The molecule has 20 heavy (non-hydrogen) atoms. The third kappa shape index (κ3) is 17.0. The van der Waals surface area contributed by atoms with E-state index < -0.39 is 0 Å². The standard InChI is InChI=1S/C17H30O3/c1-3-19-15-13-11-9-7-5-4-6-8-10-12-14-16-20-17(2)18/h3-10,12,14-16H2,1-2H3. The molecule has 0 atom stereocenters. The van der Waals surface area contributed by atoms with Crippen LogP contribution in [0.5, 0.6) is 0 Å². The van der Waals surface area contributed by atoms with Gasteiger partial charge in [-0.2, -0.15) is 0 Å².